The molecular weight excluding hydrogens is 480 g/mol. The monoisotopic (exact) mass is 508 g/mol. The van der Waals surface area contributed by atoms with E-state index in [4.69, 9.17) is 9.47 Å². The average Bonchev–Trinajstić information content (AvgIpc) is 3.28. The Kier molecular flexibility index (Phi) is 7.10. The molecule has 0 bridgehead atoms. The molecule has 2 aliphatic rings. The maximum Gasteiger partial charge on any atom is 0.265 e. The van der Waals surface area contributed by atoms with Crippen LogP contribution in [0.2, 0.25) is 0 Å². The van der Waals surface area contributed by atoms with Crippen LogP contribution in [-0.4, -0.2) is 65.2 Å². The number of morpholine rings is 1. The van der Waals surface area contributed by atoms with Crippen molar-refractivity contribution in [2.75, 3.05) is 53.8 Å². The molecule has 0 radical (unpaired) electrons. The van der Waals surface area contributed by atoms with Gasteiger partial charge in [-0.2, -0.15) is 0 Å². The SMILES string of the molecule is C[C@@H](c1nnc(SCC(=O)Nc2ccc(N3CCOCC3)cc2)n1C)N1C(=O)COc2ccccc21. The van der Waals surface area contributed by atoms with Gasteiger partial charge in [0.15, 0.2) is 17.6 Å². The third-order valence-corrected chi connectivity index (χ3v) is 7.25. The van der Waals surface area contributed by atoms with E-state index in [0.717, 1.165) is 37.7 Å². The van der Waals surface area contributed by atoms with E-state index in [0.29, 0.717) is 22.4 Å². The second kappa shape index (κ2) is 10.6. The van der Waals surface area contributed by atoms with Gasteiger partial charge in [-0.25, -0.2) is 0 Å². The van der Waals surface area contributed by atoms with Crippen LogP contribution >= 0.6 is 11.8 Å². The number of anilines is 3. The van der Waals surface area contributed by atoms with E-state index in [1.165, 1.54) is 11.8 Å². The van der Waals surface area contributed by atoms with Gasteiger partial charge in [-0.15, -0.1) is 10.2 Å². The van der Waals surface area contributed by atoms with E-state index in [1.807, 2.05) is 67.1 Å². The minimum absolute atomic E-state index is 0.0194. The van der Waals surface area contributed by atoms with Gasteiger partial charge in [0.05, 0.1) is 30.7 Å². The lowest BCUT2D eigenvalue weighted by atomic mass is 10.1. The highest BCUT2D eigenvalue weighted by Crippen LogP contribution is 2.37. The van der Waals surface area contributed by atoms with Crippen LogP contribution in [0, 0.1) is 0 Å². The van der Waals surface area contributed by atoms with E-state index in [2.05, 4.69) is 20.4 Å². The maximum absolute atomic E-state index is 12.7. The van der Waals surface area contributed by atoms with Gasteiger partial charge in [0, 0.05) is 31.5 Å². The average molecular weight is 509 g/mol. The first-order valence-corrected chi connectivity index (χ1v) is 12.8. The Hall–Kier alpha value is -3.57. The van der Waals surface area contributed by atoms with E-state index >= 15 is 0 Å². The topological polar surface area (TPSA) is 102 Å². The molecule has 1 N–H and O–H groups in total. The molecule has 1 saturated heterocycles. The number of carbonyl (C=O) groups excluding carboxylic acids is 2. The van der Waals surface area contributed by atoms with Crippen molar-refractivity contribution in [3.8, 4) is 5.75 Å². The Morgan fingerprint density at radius 3 is 2.64 bits per heavy atom. The van der Waals surface area contributed by atoms with Crippen LogP contribution in [0.3, 0.4) is 0 Å². The summed E-state index contributed by atoms with van der Waals surface area (Å²) in [6.45, 7) is 5.09. The molecule has 0 saturated carbocycles. The molecule has 36 heavy (non-hydrogen) atoms. The molecule has 1 atom stereocenters. The van der Waals surface area contributed by atoms with Gasteiger partial charge >= 0.3 is 0 Å². The molecule has 188 valence electrons. The zero-order valence-electron chi connectivity index (χ0n) is 20.2. The molecular formula is C25H28N6O4S. The molecule has 0 unspecified atom stereocenters. The lowest BCUT2D eigenvalue weighted by Crippen LogP contribution is -2.41. The van der Waals surface area contributed by atoms with E-state index in [-0.39, 0.29) is 30.2 Å². The lowest BCUT2D eigenvalue weighted by Gasteiger charge is -2.33. The summed E-state index contributed by atoms with van der Waals surface area (Å²) in [6.07, 6.45) is 0. The number of nitrogens with one attached hydrogen (secondary N) is 1. The number of benzene rings is 2. The predicted molar refractivity (Wildman–Crippen MR) is 138 cm³/mol. The van der Waals surface area contributed by atoms with Gasteiger partial charge in [0.2, 0.25) is 5.91 Å². The summed E-state index contributed by atoms with van der Waals surface area (Å²) < 4.78 is 12.8. The molecule has 2 aromatic carbocycles. The lowest BCUT2D eigenvalue weighted by molar-refractivity contribution is -0.121. The van der Waals surface area contributed by atoms with Crippen LogP contribution in [0.1, 0.15) is 18.8 Å². The van der Waals surface area contributed by atoms with Crippen LogP contribution in [0.15, 0.2) is 53.7 Å². The van der Waals surface area contributed by atoms with Crippen LogP contribution in [0.4, 0.5) is 17.1 Å². The minimum Gasteiger partial charge on any atom is -0.482 e. The van der Waals surface area contributed by atoms with Gasteiger partial charge in [-0.3, -0.25) is 14.5 Å². The van der Waals surface area contributed by atoms with E-state index in [1.54, 1.807) is 4.90 Å². The van der Waals surface area contributed by atoms with Crippen LogP contribution in [-0.2, 0) is 21.4 Å². The third-order valence-electron chi connectivity index (χ3n) is 6.23. The molecule has 10 nitrogen and oxygen atoms in total. The fourth-order valence-electron chi connectivity index (χ4n) is 4.38. The van der Waals surface area contributed by atoms with Crippen molar-refractivity contribution < 1.29 is 19.1 Å². The summed E-state index contributed by atoms with van der Waals surface area (Å²) in [4.78, 5) is 29.2. The summed E-state index contributed by atoms with van der Waals surface area (Å²) in [5, 5.41) is 12.1. The zero-order chi connectivity index (χ0) is 25.1. The Bertz CT molecular complexity index is 1240. The van der Waals surface area contributed by atoms with Gasteiger partial charge in [0.1, 0.15) is 5.75 Å². The molecule has 0 spiro atoms. The fraction of sp³-hybridized carbons (Fsp3) is 0.360. The predicted octanol–water partition coefficient (Wildman–Crippen LogP) is 2.87. The van der Waals surface area contributed by atoms with Crippen molar-refractivity contribution in [2.45, 2.75) is 18.1 Å². The van der Waals surface area contributed by atoms with Crippen LogP contribution < -0.4 is 19.9 Å². The molecule has 5 rings (SSSR count). The number of rotatable bonds is 7. The van der Waals surface area contributed by atoms with Gasteiger partial charge < -0.3 is 24.3 Å². The first-order valence-electron chi connectivity index (χ1n) is 11.8. The van der Waals surface area contributed by atoms with Crippen molar-refractivity contribution in [1.82, 2.24) is 14.8 Å². The number of amides is 2. The fourth-order valence-corrected chi connectivity index (χ4v) is 5.10. The third kappa shape index (κ3) is 5.02. The molecule has 2 aliphatic heterocycles. The van der Waals surface area contributed by atoms with Gasteiger partial charge in [0.25, 0.3) is 5.91 Å². The summed E-state index contributed by atoms with van der Waals surface area (Å²) in [5.41, 5.74) is 2.57. The standard InChI is InChI=1S/C25H28N6O4S/c1-17(31-20-5-3-4-6-21(20)35-15-23(31)33)24-27-28-25(29(24)2)36-16-22(32)26-18-7-9-19(10-8-18)30-11-13-34-14-12-30/h3-10,17H,11-16H2,1-2H3,(H,26,32)/t17-/m0/s1. The maximum atomic E-state index is 12.7. The number of hydrogen-bond acceptors (Lipinski definition) is 8. The molecule has 2 amide bonds. The zero-order valence-corrected chi connectivity index (χ0v) is 21.0. The molecule has 0 aliphatic carbocycles. The van der Waals surface area contributed by atoms with E-state index in [9.17, 15) is 9.59 Å². The number of carbonyl (C=O) groups is 2. The highest BCUT2D eigenvalue weighted by Gasteiger charge is 2.32. The minimum atomic E-state index is -0.354. The van der Waals surface area contributed by atoms with Gasteiger partial charge in [-0.1, -0.05) is 23.9 Å². The normalized spacial score (nSPS) is 16.3. The number of thioether (sulfide) groups is 1. The number of aromatic nitrogens is 3. The number of hydrogen-bond donors (Lipinski definition) is 1. The second-order valence-corrected chi connectivity index (χ2v) is 9.52. The largest absolute Gasteiger partial charge is 0.482 e. The highest BCUT2D eigenvalue weighted by molar-refractivity contribution is 7.99. The number of fused-ring (bicyclic) bond motifs is 1. The summed E-state index contributed by atoms with van der Waals surface area (Å²) in [6, 6.07) is 14.9. The first kappa shape index (κ1) is 24.1. The number of ether oxygens (including phenoxy) is 2. The molecule has 3 heterocycles. The van der Waals surface area contributed by atoms with Crippen molar-refractivity contribution in [2.24, 2.45) is 7.05 Å². The summed E-state index contributed by atoms with van der Waals surface area (Å²) in [5.74, 6) is 1.20. The quantitative estimate of drug-likeness (QED) is 0.486. The van der Waals surface area contributed by atoms with Crippen molar-refractivity contribution >= 4 is 40.6 Å². The number of nitrogens with zero attached hydrogens (tertiary/aromatic N) is 5. The molecule has 1 aromatic heterocycles. The Morgan fingerprint density at radius 2 is 1.86 bits per heavy atom. The summed E-state index contributed by atoms with van der Waals surface area (Å²) >= 11 is 1.30. The van der Waals surface area contributed by atoms with Crippen LogP contribution in [0.5, 0.6) is 5.75 Å². The van der Waals surface area contributed by atoms with Crippen molar-refractivity contribution in [3.05, 3.63) is 54.4 Å². The Labute approximate surface area is 213 Å². The Balaban J connectivity index is 1.20. The van der Waals surface area contributed by atoms with Crippen LogP contribution in [0.25, 0.3) is 0 Å². The Morgan fingerprint density at radius 1 is 1.11 bits per heavy atom. The molecule has 3 aromatic rings. The summed E-state index contributed by atoms with van der Waals surface area (Å²) in [7, 11) is 1.84. The van der Waals surface area contributed by atoms with Crippen molar-refractivity contribution in [3.63, 3.8) is 0 Å². The highest BCUT2D eigenvalue weighted by atomic mass is 32.2. The second-order valence-electron chi connectivity index (χ2n) is 8.58. The van der Waals surface area contributed by atoms with E-state index < -0.39 is 0 Å². The number of para-hydroxylation sites is 2. The van der Waals surface area contributed by atoms with Gasteiger partial charge in [-0.05, 0) is 43.3 Å². The van der Waals surface area contributed by atoms with Crippen molar-refractivity contribution in [1.29, 1.82) is 0 Å². The molecule has 11 heteroatoms. The smallest absolute Gasteiger partial charge is 0.265 e. The first-order chi connectivity index (χ1) is 17.5. The molecule has 1 fully saturated rings.